The molecule has 0 bridgehead atoms. The van der Waals surface area contributed by atoms with E-state index in [0.717, 1.165) is 32.4 Å². The van der Waals surface area contributed by atoms with E-state index in [1.807, 2.05) is 23.1 Å². The number of nitrogens with two attached hydrogens (primary N) is 1. The van der Waals surface area contributed by atoms with Gasteiger partial charge in [-0.15, -0.1) is 0 Å². The lowest BCUT2D eigenvalue weighted by Crippen LogP contribution is -2.41. The van der Waals surface area contributed by atoms with Crippen molar-refractivity contribution in [1.82, 2.24) is 4.90 Å². The monoisotopic (exact) mass is 262 g/mol. The summed E-state index contributed by atoms with van der Waals surface area (Å²) in [5.41, 5.74) is 6.98. The molecule has 1 amide bonds. The molecule has 3 heteroatoms. The Bertz CT molecular complexity index is 358. The minimum atomic E-state index is -0.0968. The maximum Gasteiger partial charge on any atom is 0.227 e. The van der Waals surface area contributed by atoms with E-state index in [-0.39, 0.29) is 11.8 Å². The molecule has 0 aliphatic heterocycles. The Morgan fingerprint density at radius 2 is 1.74 bits per heavy atom. The molecule has 19 heavy (non-hydrogen) atoms. The summed E-state index contributed by atoms with van der Waals surface area (Å²) < 4.78 is 0. The highest BCUT2D eigenvalue weighted by Crippen LogP contribution is 2.12. The first-order valence-corrected chi connectivity index (χ1v) is 7.25. The minimum Gasteiger partial charge on any atom is -0.342 e. The molecule has 0 radical (unpaired) electrons. The third-order valence-corrected chi connectivity index (χ3v) is 3.26. The van der Waals surface area contributed by atoms with Crippen LogP contribution in [0.5, 0.6) is 0 Å². The molecule has 2 N–H and O–H groups in total. The number of carbonyl (C=O) groups excluding carboxylic acids is 1. The van der Waals surface area contributed by atoms with Gasteiger partial charge >= 0.3 is 0 Å². The van der Waals surface area contributed by atoms with Gasteiger partial charge in [0.05, 0.1) is 5.92 Å². The van der Waals surface area contributed by atoms with Crippen LogP contribution >= 0.6 is 0 Å². The van der Waals surface area contributed by atoms with Crippen molar-refractivity contribution in [3.05, 3.63) is 35.9 Å². The lowest BCUT2D eigenvalue weighted by molar-refractivity contribution is -0.135. The van der Waals surface area contributed by atoms with E-state index in [1.165, 1.54) is 5.56 Å². The van der Waals surface area contributed by atoms with Crippen LogP contribution in [0.4, 0.5) is 0 Å². The van der Waals surface area contributed by atoms with Gasteiger partial charge < -0.3 is 10.6 Å². The molecular formula is C16H26N2O. The molecule has 1 aromatic carbocycles. The third kappa shape index (κ3) is 5.03. The van der Waals surface area contributed by atoms with Gasteiger partial charge in [-0.2, -0.15) is 0 Å². The molecule has 0 saturated carbocycles. The highest BCUT2D eigenvalue weighted by molar-refractivity contribution is 5.79. The molecule has 0 aliphatic rings. The summed E-state index contributed by atoms with van der Waals surface area (Å²) in [5, 5.41) is 0. The van der Waals surface area contributed by atoms with Crippen LogP contribution < -0.4 is 5.73 Å². The predicted molar refractivity (Wildman–Crippen MR) is 79.9 cm³/mol. The smallest absolute Gasteiger partial charge is 0.227 e. The summed E-state index contributed by atoms with van der Waals surface area (Å²) in [5.74, 6) is 0.107. The van der Waals surface area contributed by atoms with Gasteiger partial charge in [0.1, 0.15) is 0 Å². The molecule has 0 heterocycles. The minimum absolute atomic E-state index is 0.0968. The fraction of sp³-hybridized carbons (Fsp3) is 0.562. The van der Waals surface area contributed by atoms with E-state index < -0.39 is 0 Å². The van der Waals surface area contributed by atoms with Crippen molar-refractivity contribution in [2.24, 2.45) is 11.7 Å². The van der Waals surface area contributed by atoms with E-state index in [1.54, 1.807) is 0 Å². The van der Waals surface area contributed by atoms with E-state index in [4.69, 9.17) is 5.73 Å². The zero-order valence-electron chi connectivity index (χ0n) is 12.1. The molecule has 1 rings (SSSR count). The Balaban J connectivity index is 2.69. The molecule has 3 nitrogen and oxygen atoms in total. The van der Waals surface area contributed by atoms with Gasteiger partial charge in [0.2, 0.25) is 5.91 Å². The van der Waals surface area contributed by atoms with Crippen LogP contribution in [0.25, 0.3) is 0 Å². The Morgan fingerprint density at radius 3 is 2.21 bits per heavy atom. The molecule has 0 aromatic heterocycles. The number of hydrogen-bond acceptors (Lipinski definition) is 2. The number of nitrogens with zero attached hydrogens (tertiary/aromatic N) is 1. The third-order valence-electron chi connectivity index (χ3n) is 3.26. The fourth-order valence-corrected chi connectivity index (χ4v) is 2.30. The molecular weight excluding hydrogens is 236 g/mol. The maximum atomic E-state index is 12.5. The van der Waals surface area contributed by atoms with Crippen LogP contribution in [0.2, 0.25) is 0 Å². The standard InChI is InChI=1S/C16H26N2O/c1-3-10-18(11-4-2)16(19)15(13-17)12-14-8-6-5-7-9-14/h5-9,15H,3-4,10-13,17H2,1-2H3. The average molecular weight is 262 g/mol. The Morgan fingerprint density at radius 1 is 1.16 bits per heavy atom. The first-order valence-electron chi connectivity index (χ1n) is 7.25. The molecule has 0 spiro atoms. The fourth-order valence-electron chi connectivity index (χ4n) is 2.30. The Hall–Kier alpha value is -1.35. The first kappa shape index (κ1) is 15.7. The van der Waals surface area contributed by atoms with Gasteiger partial charge in [0.15, 0.2) is 0 Å². The number of amides is 1. The summed E-state index contributed by atoms with van der Waals surface area (Å²) in [4.78, 5) is 14.5. The predicted octanol–water partition coefficient (Wildman–Crippen LogP) is 2.45. The van der Waals surface area contributed by atoms with Crippen molar-refractivity contribution in [1.29, 1.82) is 0 Å². The lowest BCUT2D eigenvalue weighted by atomic mass is 9.98. The molecule has 106 valence electrons. The SMILES string of the molecule is CCCN(CCC)C(=O)C(CN)Cc1ccccc1. The van der Waals surface area contributed by atoms with Crippen molar-refractivity contribution >= 4 is 5.91 Å². The molecule has 1 unspecified atom stereocenters. The lowest BCUT2D eigenvalue weighted by Gasteiger charge is -2.26. The number of hydrogen-bond donors (Lipinski definition) is 1. The first-order chi connectivity index (χ1) is 9.22. The van der Waals surface area contributed by atoms with Gasteiger partial charge in [-0.3, -0.25) is 4.79 Å². The van der Waals surface area contributed by atoms with Crippen LogP contribution in [-0.2, 0) is 11.2 Å². The Kier molecular flexibility index (Phi) is 7.19. The zero-order chi connectivity index (χ0) is 14.1. The Labute approximate surface area is 116 Å². The highest BCUT2D eigenvalue weighted by Gasteiger charge is 2.22. The van der Waals surface area contributed by atoms with Crippen molar-refractivity contribution in [3.63, 3.8) is 0 Å². The number of carbonyl (C=O) groups is 1. The number of rotatable bonds is 8. The van der Waals surface area contributed by atoms with Gasteiger partial charge in [0, 0.05) is 19.6 Å². The maximum absolute atomic E-state index is 12.5. The van der Waals surface area contributed by atoms with E-state index in [0.29, 0.717) is 6.54 Å². The molecule has 0 fully saturated rings. The summed E-state index contributed by atoms with van der Waals surface area (Å²) in [6, 6.07) is 10.1. The van der Waals surface area contributed by atoms with Crippen LogP contribution in [0.1, 0.15) is 32.3 Å². The van der Waals surface area contributed by atoms with Gasteiger partial charge in [0.25, 0.3) is 0 Å². The summed E-state index contributed by atoms with van der Waals surface area (Å²) in [6.07, 6.45) is 2.73. The topological polar surface area (TPSA) is 46.3 Å². The van der Waals surface area contributed by atoms with Crippen molar-refractivity contribution in [2.45, 2.75) is 33.1 Å². The second-order valence-corrected chi connectivity index (χ2v) is 4.95. The zero-order valence-corrected chi connectivity index (χ0v) is 12.1. The van der Waals surface area contributed by atoms with Gasteiger partial charge in [-0.25, -0.2) is 0 Å². The normalized spacial score (nSPS) is 12.2. The van der Waals surface area contributed by atoms with E-state index >= 15 is 0 Å². The largest absolute Gasteiger partial charge is 0.342 e. The highest BCUT2D eigenvalue weighted by atomic mass is 16.2. The second-order valence-electron chi connectivity index (χ2n) is 4.95. The van der Waals surface area contributed by atoms with E-state index in [9.17, 15) is 4.79 Å². The molecule has 1 atom stereocenters. The van der Waals surface area contributed by atoms with Crippen LogP contribution in [0.15, 0.2) is 30.3 Å². The van der Waals surface area contributed by atoms with Gasteiger partial charge in [-0.1, -0.05) is 44.2 Å². The molecule has 0 saturated heterocycles. The molecule has 1 aromatic rings. The van der Waals surface area contributed by atoms with Crippen LogP contribution in [-0.4, -0.2) is 30.4 Å². The van der Waals surface area contributed by atoms with Gasteiger partial charge in [-0.05, 0) is 24.8 Å². The summed E-state index contributed by atoms with van der Waals surface area (Å²) in [6.45, 7) is 6.28. The van der Waals surface area contributed by atoms with Crippen molar-refractivity contribution in [2.75, 3.05) is 19.6 Å². The quantitative estimate of drug-likeness (QED) is 0.782. The second kappa shape index (κ2) is 8.70. The van der Waals surface area contributed by atoms with Crippen molar-refractivity contribution < 1.29 is 4.79 Å². The molecule has 0 aliphatic carbocycles. The number of benzene rings is 1. The van der Waals surface area contributed by atoms with Crippen molar-refractivity contribution in [3.8, 4) is 0 Å². The summed E-state index contributed by atoms with van der Waals surface area (Å²) in [7, 11) is 0. The van der Waals surface area contributed by atoms with Crippen LogP contribution in [0, 0.1) is 5.92 Å². The average Bonchev–Trinajstić information content (AvgIpc) is 2.45. The van der Waals surface area contributed by atoms with Crippen LogP contribution in [0.3, 0.4) is 0 Å². The van der Waals surface area contributed by atoms with E-state index in [2.05, 4.69) is 26.0 Å². The summed E-state index contributed by atoms with van der Waals surface area (Å²) >= 11 is 0.